The molecule has 1 N–H and O–H groups in total. The van der Waals surface area contributed by atoms with Crippen molar-refractivity contribution >= 4 is 24.0 Å². The second-order valence-corrected chi connectivity index (χ2v) is 6.44. The lowest BCUT2D eigenvalue weighted by atomic mass is 9.89. The number of hydrogen-bond donors (Lipinski definition) is 1. The van der Waals surface area contributed by atoms with E-state index >= 15 is 0 Å². The lowest BCUT2D eigenvalue weighted by Gasteiger charge is -2.39. The predicted molar refractivity (Wildman–Crippen MR) is 87.8 cm³/mol. The number of hydrogen-bond acceptors (Lipinski definition) is 2. The molecule has 0 aromatic heterocycles. The molecule has 0 unspecified atom stereocenters. The molecule has 1 saturated carbocycles. The topological polar surface area (TPSA) is 15.3 Å². The zero-order valence-electron chi connectivity index (χ0n) is 12.5. The van der Waals surface area contributed by atoms with E-state index in [-0.39, 0.29) is 29.0 Å². The minimum absolute atomic E-state index is 0. The summed E-state index contributed by atoms with van der Waals surface area (Å²) in [6, 6.07) is 2.41. The first-order valence-corrected chi connectivity index (χ1v) is 8.14. The first kappa shape index (κ1) is 17.9. The summed E-state index contributed by atoms with van der Waals surface area (Å²) in [7, 11) is 0. The number of nitrogens with one attached hydrogen (secondary N) is 1. The van der Waals surface area contributed by atoms with E-state index in [1.165, 1.54) is 12.1 Å². The second kappa shape index (κ2) is 7.91. The molecule has 1 saturated heterocycles. The standard InChI is InChI=1S/C16H21ClF2N2.ClH/c17-12-5-6-13(18)14(15(12)19)16(11-3-1-2-4-11)21-9-7-20-8-10-21;/h5-6,11,16,20H,1-4,7-10H2;1H/t16-;/m1./s1. The van der Waals surface area contributed by atoms with Crippen LogP contribution < -0.4 is 5.32 Å². The van der Waals surface area contributed by atoms with Gasteiger partial charge in [0.2, 0.25) is 0 Å². The summed E-state index contributed by atoms with van der Waals surface area (Å²) in [6.45, 7) is 3.39. The van der Waals surface area contributed by atoms with Gasteiger partial charge in [0.05, 0.1) is 5.02 Å². The van der Waals surface area contributed by atoms with Gasteiger partial charge >= 0.3 is 0 Å². The summed E-state index contributed by atoms with van der Waals surface area (Å²) in [6.07, 6.45) is 4.38. The summed E-state index contributed by atoms with van der Waals surface area (Å²) in [5.74, 6) is -0.718. The minimum atomic E-state index is -0.577. The SMILES string of the molecule is Cl.Fc1ccc(Cl)c(F)c1[C@@H](C1CCCC1)N1CCNCC1. The highest BCUT2D eigenvalue weighted by Gasteiger charge is 2.35. The fraction of sp³-hybridized carbons (Fsp3) is 0.625. The summed E-state index contributed by atoms with van der Waals surface area (Å²) in [5.41, 5.74) is 0.177. The largest absolute Gasteiger partial charge is 0.314 e. The van der Waals surface area contributed by atoms with Gasteiger partial charge in [-0.25, -0.2) is 8.78 Å². The van der Waals surface area contributed by atoms with Crippen molar-refractivity contribution in [3.05, 3.63) is 34.4 Å². The molecular formula is C16H22Cl2F2N2. The van der Waals surface area contributed by atoms with Crippen molar-refractivity contribution in [2.45, 2.75) is 31.7 Å². The third-order valence-corrected chi connectivity index (χ3v) is 5.06. The average Bonchev–Trinajstić information content (AvgIpc) is 3.02. The molecule has 1 aliphatic carbocycles. The Labute approximate surface area is 141 Å². The molecule has 0 spiro atoms. The number of piperazine rings is 1. The lowest BCUT2D eigenvalue weighted by Crippen LogP contribution is -2.47. The normalized spacial score (nSPS) is 21.6. The molecule has 1 aromatic rings. The van der Waals surface area contributed by atoms with E-state index < -0.39 is 11.6 Å². The van der Waals surface area contributed by atoms with Crippen LogP contribution in [0.15, 0.2) is 12.1 Å². The number of halogens is 4. The maximum Gasteiger partial charge on any atom is 0.149 e. The van der Waals surface area contributed by atoms with E-state index in [2.05, 4.69) is 10.2 Å². The molecule has 0 bridgehead atoms. The van der Waals surface area contributed by atoms with Crippen LogP contribution in [0, 0.1) is 17.6 Å². The van der Waals surface area contributed by atoms with E-state index in [9.17, 15) is 8.78 Å². The predicted octanol–water partition coefficient (Wildman–Crippen LogP) is 4.18. The third kappa shape index (κ3) is 3.56. The van der Waals surface area contributed by atoms with Crippen molar-refractivity contribution in [1.82, 2.24) is 10.2 Å². The minimum Gasteiger partial charge on any atom is -0.314 e. The van der Waals surface area contributed by atoms with Crippen molar-refractivity contribution in [2.24, 2.45) is 5.92 Å². The van der Waals surface area contributed by atoms with Gasteiger partial charge in [0, 0.05) is 37.8 Å². The molecule has 6 heteroatoms. The van der Waals surface area contributed by atoms with Gasteiger partial charge in [-0.15, -0.1) is 12.4 Å². The lowest BCUT2D eigenvalue weighted by molar-refractivity contribution is 0.119. The zero-order chi connectivity index (χ0) is 14.8. The van der Waals surface area contributed by atoms with Gasteiger partial charge < -0.3 is 5.32 Å². The summed E-state index contributed by atoms with van der Waals surface area (Å²) in [5, 5.41) is 3.32. The molecule has 3 rings (SSSR count). The smallest absolute Gasteiger partial charge is 0.149 e. The summed E-state index contributed by atoms with van der Waals surface area (Å²) < 4.78 is 28.9. The Hall–Kier alpha value is -0.420. The summed E-state index contributed by atoms with van der Waals surface area (Å²) >= 11 is 5.90. The van der Waals surface area contributed by atoms with Gasteiger partial charge in [0.1, 0.15) is 11.6 Å². The summed E-state index contributed by atoms with van der Waals surface area (Å²) in [4.78, 5) is 2.23. The quantitative estimate of drug-likeness (QED) is 0.822. The molecule has 1 heterocycles. The van der Waals surface area contributed by atoms with Crippen molar-refractivity contribution in [3.8, 4) is 0 Å². The second-order valence-electron chi connectivity index (χ2n) is 6.03. The van der Waals surface area contributed by atoms with Gasteiger partial charge in [0.15, 0.2) is 0 Å². The highest BCUT2D eigenvalue weighted by Crippen LogP contribution is 2.42. The first-order valence-electron chi connectivity index (χ1n) is 7.76. The number of rotatable bonds is 3. The Morgan fingerprint density at radius 2 is 1.77 bits per heavy atom. The van der Waals surface area contributed by atoms with Crippen LogP contribution >= 0.6 is 24.0 Å². The van der Waals surface area contributed by atoms with Crippen LogP contribution in [0.3, 0.4) is 0 Å². The molecule has 2 aliphatic rings. The Morgan fingerprint density at radius 3 is 2.41 bits per heavy atom. The van der Waals surface area contributed by atoms with Crippen molar-refractivity contribution < 1.29 is 8.78 Å². The van der Waals surface area contributed by atoms with Crippen molar-refractivity contribution in [1.29, 1.82) is 0 Å². The monoisotopic (exact) mass is 350 g/mol. The number of benzene rings is 1. The van der Waals surface area contributed by atoms with Crippen LogP contribution in [0.2, 0.25) is 5.02 Å². The van der Waals surface area contributed by atoms with E-state index in [1.54, 1.807) is 0 Å². The molecule has 0 amide bonds. The fourth-order valence-electron chi connectivity index (χ4n) is 3.76. The molecule has 1 atom stereocenters. The van der Waals surface area contributed by atoms with E-state index in [1.807, 2.05) is 0 Å². The maximum atomic E-state index is 14.5. The Kier molecular flexibility index (Phi) is 6.45. The van der Waals surface area contributed by atoms with Crippen LogP contribution in [0.4, 0.5) is 8.78 Å². The molecule has 22 heavy (non-hydrogen) atoms. The molecule has 2 fully saturated rings. The zero-order valence-corrected chi connectivity index (χ0v) is 14.0. The van der Waals surface area contributed by atoms with Gasteiger partial charge in [-0.1, -0.05) is 24.4 Å². The fourth-order valence-corrected chi connectivity index (χ4v) is 3.93. The van der Waals surface area contributed by atoms with Gasteiger partial charge in [-0.2, -0.15) is 0 Å². The molecule has 1 aliphatic heterocycles. The third-order valence-electron chi connectivity index (χ3n) is 4.77. The Bertz CT molecular complexity index is 501. The Balaban J connectivity index is 0.00000176. The van der Waals surface area contributed by atoms with Crippen molar-refractivity contribution in [3.63, 3.8) is 0 Å². The van der Waals surface area contributed by atoms with Crippen LogP contribution in [0.25, 0.3) is 0 Å². The van der Waals surface area contributed by atoms with Crippen LogP contribution in [-0.4, -0.2) is 31.1 Å². The first-order chi connectivity index (χ1) is 10.2. The van der Waals surface area contributed by atoms with Gasteiger partial charge in [-0.05, 0) is 30.9 Å². The van der Waals surface area contributed by atoms with Crippen LogP contribution in [0.1, 0.15) is 37.3 Å². The van der Waals surface area contributed by atoms with Crippen LogP contribution in [-0.2, 0) is 0 Å². The Morgan fingerprint density at radius 1 is 1.14 bits per heavy atom. The maximum absolute atomic E-state index is 14.5. The number of nitrogens with zero attached hydrogens (tertiary/aromatic N) is 1. The van der Waals surface area contributed by atoms with E-state index in [0.717, 1.165) is 51.9 Å². The molecule has 124 valence electrons. The van der Waals surface area contributed by atoms with Crippen LogP contribution in [0.5, 0.6) is 0 Å². The molecule has 0 radical (unpaired) electrons. The van der Waals surface area contributed by atoms with Gasteiger partial charge in [0.25, 0.3) is 0 Å². The van der Waals surface area contributed by atoms with Gasteiger partial charge in [-0.3, -0.25) is 4.90 Å². The molecule has 2 nitrogen and oxygen atoms in total. The van der Waals surface area contributed by atoms with Crippen molar-refractivity contribution in [2.75, 3.05) is 26.2 Å². The van der Waals surface area contributed by atoms with E-state index in [0.29, 0.717) is 5.92 Å². The highest BCUT2D eigenvalue weighted by molar-refractivity contribution is 6.30. The average molecular weight is 351 g/mol. The molecule has 1 aromatic carbocycles. The highest BCUT2D eigenvalue weighted by atomic mass is 35.5. The van der Waals surface area contributed by atoms with E-state index in [4.69, 9.17) is 11.6 Å². The molecular weight excluding hydrogens is 329 g/mol.